The lowest BCUT2D eigenvalue weighted by Gasteiger charge is -2.16. The maximum Gasteiger partial charge on any atom is 0.326 e. The predicted molar refractivity (Wildman–Crippen MR) is 70.3 cm³/mol. The van der Waals surface area contributed by atoms with Crippen molar-refractivity contribution in [1.82, 2.24) is 15.4 Å². The van der Waals surface area contributed by atoms with Crippen molar-refractivity contribution in [2.75, 3.05) is 19.3 Å². The van der Waals surface area contributed by atoms with Crippen LogP contribution in [0.1, 0.15) is 20.3 Å². The van der Waals surface area contributed by atoms with Crippen molar-refractivity contribution in [3.63, 3.8) is 0 Å². The minimum Gasteiger partial charge on any atom is -0.480 e. The van der Waals surface area contributed by atoms with E-state index < -0.39 is 28.1 Å². The summed E-state index contributed by atoms with van der Waals surface area (Å²) in [4.78, 5) is 22.3. The highest BCUT2D eigenvalue weighted by Gasteiger charge is 2.20. The molecule has 2 amide bonds. The highest BCUT2D eigenvalue weighted by atomic mass is 32.2. The summed E-state index contributed by atoms with van der Waals surface area (Å²) in [7, 11) is -3.29. The molecular weight excluding hydrogens is 274 g/mol. The average Bonchev–Trinajstić information content (AvgIpc) is 2.21. The number of hydrogen-bond acceptors (Lipinski definition) is 4. The summed E-state index contributed by atoms with van der Waals surface area (Å²) in [6.45, 7) is 3.83. The first-order chi connectivity index (χ1) is 8.61. The molecule has 0 bridgehead atoms. The fraction of sp³-hybridized carbons (Fsp3) is 0.800. The van der Waals surface area contributed by atoms with Crippen molar-refractivity contribution in [1.29, 1.82) is 0 Å². The number of hydrogen-bond donors (Lipinski definition) is 4. The molecule has 0 aromatic heterocycles. The first kappa shape index (κ1) is 17.6. The van der Waals surface area contributed by atoms with Crippen LogP contribution in [0.15, 0.2) is 0 Å². The van der Waals surface area contributed by atoms with Crippen LogP contribution < -0.4 is 15.4 Å². The van der Waals surface area contributed by atoms with E-state index in [1.807, 2.05) is 13.8 Å². The van der Waals surface area contributed by atoms with Crippen molar-refractivity contribution in [2.45, 2.75) is 26.3 Å². The number of carboxylic acid groups (broad SMARTS) is 1. The molecular formula is C10H21N3O5S. The minimum absolute atomic E-state index is 0.0498. The number of amides is 2. The van der Waals surface area contributed by atoms with E-state index in [-0.39, 0.29) is 19.0 Å². The normalized spacial score (nSPS) is 13.1. The van der Waals surface area contributed by atoms with Gasteiger partial charge in [-0.25, -0.2) is 22.7 Å². The molecule has 0 rings (SSSR count). The van der Waals surface area contributed by atoms with Crippen LogP contribution in [0, 0.1) is 5.92 Å². The van der Waals surface area contributed by atoms with Gasteiger partial charge in [-0.05, 0) is 12.3 Å². The molecule has 8 nitrogen and oxygen atoms in total. The van der Waals surface area contributed by atoms with Crippen LogP contribution in [0.4, 0.5) is 4.79 Å². The van der Waals surface area contributed by atoms with Crippen LogP contribution in [0.3, 0.4) is 0 Å². The topological polar surface area (TPSA) is 125 Å². The molecule has 1 unspecified atom stereocenters. The number of sulfonamides is 1. The maximum absolute atomic E-state index is 11.4. The Bertz CT molecular complexity index is 407. The first-order valence-electron chi connectivity index (χ1n) is 5.83. The third-order valence-corrected chi connectivity index (χ3v) is 2.81. The van der Waals surface area contributed by atoms with Gasteiger partial charge in [-0.15, -0.1) is 0 Å². The van der Waals surface area contributed by atoms with Gasteiger partial charge in [-0.1, -0.05) is 13.8 Å². The van der Waals surface area contributed by atoms with E-state index in [2.05, 4.69) is 15.4 Å². The molecule has 0 aromatic carbocycles. The zero-order valence-electron chi connectivity index (χ0n) is 11.3. The van der Waals surface area contributed by atoms with Crippen LogP contribution in [0.2, 0.25) is 0 Å². The van der Waals surface area contributed by atoms with Gasteiger partial charge in [-0.3, -0.25) is 0 Å². The van der Waals surface area contributed by atoms with E-state index in [0.717, 1.165) is 6.26 Å². The molecule has 0 aliphatic carbocycles. The second-order valence-electron chi connectivity index (χ2n) is 4.59. The highest BCUT2D eigenvalue weighted by molar-refractivity contribution is 7.88. The fourth-order valence-corrected chi connectivity index (χ4v) is 1.79. The van der Waals surface area contributed by atoms with Crippen LogP contribution in [0.25, 0.3) is 0 Å². The lowest BCUT2D eigenvalue weighted by molar-refractivity contribution is -0.139. The molecule has 0 aliphatic heterocycles. The van der Waals surface area contributed by atoms with Crippen molar-refractivity contribution in [3.8, 4) is 0 Å². The van der Waals surface area contributed by atoms with Crippen molar-refractivity contribution >= 4 is 22.0 Å². The zero-order valence-corrected chi connectivity index (χ0v) is 12.1. The number of carbonyl (C=O) groups is 2. The van der Waals surface area contributed by atoms with Gasteiger partial charge in [0.25, 0.3) is 0 Å². The Labute approximate surface area is 113 Å². The molecule has 1 atom stereocenters. The highest BCUT2D eigenvalue weighted by Crippen LogP contribution is 2.04. The molecule has 0 radical (unpaired) electrons. The first-order valence-corrected chi connectivity index (χ1v) is 7.72. The third kappa shape index (κ3) is 10.3. The molecule has 0 aliphatic rings. The van der Waals surface area contributed by atoms with Gasteiger partial charge in [0.05, 0.1) is 6.26 Å². The molecule has 0 fully saturated rings. The number of nitrogens with one attached hydrogen (secondary N) is 3. The smallest absolute Gasteiger partial charge is 0.326 e. The Balaban J connectivity index is 4.04. The van der Waals surface area contributed by atoms with Gasteiger partial charge in [0.15, 0.2) is 0 Å². The van der Waals surface area contributed by atoms with Gasteiger partial charge in [0, 0.05) is 13.1 Å². The number of aliphatic carboxylic acids is 1. The molecule has 112 valence electrons. The second-order valence-corrected chi connectivity index (χ2v) is 6.42. The average molecular weight is 295 g/mol. The van der Waals surface area contributed by atoms with Crippen LogP contribution in [0.5, 0.6) is 0 Å². The quantitative estimate of drug-likeness (QED) is 0.442. The predicted octanol–water partition coefficient (Wildman–Crippen LogP) is -0.666. The van der Waals surface area contributed by atoms with Crippen molar-refractivity contribution in [3.05, 3.63) is 0 Å². The lowest BCUT2D eigenvalue weighted by atomic mass is 10.0. The Morgan fingerprint density at radius 1 is 1.21 bits per heavy atom. The molecule has 9 heteroatoms. The number of carbonyl (C=O) groups excluding carboxylic acids is 1. The summed E-state index contributed by atoms with van der Waals surface area (Å²) in [5, 5.41) is 13.6. The van der Waals surface area contributed by atoms with Gasteiger partial charge in [0.2, 0.25) is 10.0 Å². The van der Waals surface area contributed by atoms with Crippen molar-refractivity contribution in [2.24, 2.45) is 5.92 Å². The van der Waals surface area contributed by atoms with Crippen molar-refractivity contribution < 1.29 is 23.1 Å². The summed E-state index contributed by atoms with van der Waals surface area (Å²) in [5.74, 6) is -0.966. The molecule has 19 heavy (non-hydrogen) atoms. The molecule has 0 heterocycles. The second kappa shape index (κ2) is 7.95. The minimum atomic E-state index is -3.29. The monoisotopic (exact) mass is 295 g/mol. The number of rotatable bonds is 8. The van der Waals surface area contributed by atoms with Crippen LogP contribution >= 0.6 is 0 Å². The molecule has 0 saturated carbocycles. The summed E-state index contributed by atoms with van der Waals surface area (Å²) in [6, 6.07) is -1.59. The van der Waals surface area contributed by atoms with E-state index in [1.54, 1.807) is 0 Å². The van der Waals surface area contributed by atoms with Crippen LogP contribution in [-0.2, 0) is 14.8 Å². The summed E-state index contributed by atoms with van der Waals surface area (Å²) >= 11 is 0. The fourth-order valence-electron chi connectivity index (χ4n) is 1.31. The maximum atomic E-state index is 11.4. The summed E-state index contributed by atoms with van der Waals surface area (Å²) < 4.78 is 23.7. The van der Waals surface area contributed by atoms with Gasteiger partial charge in [-0.2, -0.15) is 0 Å². The molecule has 4 N–H and O–H groups in total. The summed E-state index contributed by atoms with van der Waals surface area (Å²) in [6.07, 6.45) is 1.33. The standard InChI is InChI=1S/C10H21N3O5S/c1-7(2)6-8(9(14)15)13-10(16)11-4-5-12-19(3,17)18/h7-8,12H,4-6H2,1-3H3,(H,14,15)(H2,11,13,16). The Kier molecular flexibility index (Phi) is 7.38. The summed E-state index contributed by atoms with van der Waals surface area (Å²) in [5.41, 5.74) is 0. The molecule has 0 aromatic rings. The molecule has 0 saturated heterocycles. The largest absolute Gasteiger partial charge is 0.480 e. The van der Waals surface area contributed by atoms with E-state index in [9.17, 15) is 18.0 Å². The van der Waals surface area contributed by atoms with E-state index in [0.29, 0.717) is 6.42 Å². The number of carboxylic acids is 1. The Morgan fingerprint density at radius 3 is 2.21 bits per heavy atom. The third-order valence-electron chi connectivity index (χ3n) is 2.09. The molecule has 0 spiro atoms. The van der Waals surface area contributed by atoms with E-state index in [1.165, 1.54) is 0 Å². The Morgan fingerprint density at radius 2 is 1.79 bits per heavy atom. The van der Waals surface area contributed by atoms with Gasteiger partial charge < -0.3 is 15.7 Å². The SMILES string of the molecule is CC(C)CC(NC(=O)NCCNS(C)(=O)=O)C(=O)O. The van der Waals surface area contributed by atoms with E-state index >= 15 is 0 Å². The van der Waals surface area contributed by atoms with Gasteiger partial charge >= 0.3 is 12.0 Å². The van der Waals surface area contributed by atoms with Gasteiger partial charge in [0.1, 0.15) is 6.04 Å². The zero-order chi connectivity index (χ0) is 15.1. The lowest BCUT2D eigenvalue weighted by Crippen LogP contribution is -2.48. The van der Waals surface area contributed by atoms with E-state index in [4.69, 9.17) is 5.11 Å². The Hall–Kier alpha value is -1.35. The number of urea groups is 1. The van der Waals surface area contributed by atoms with Crippen LogP contribution in [-0.4, -0.2) is 50.9 Å².